The van der Waals surface area contributed by atoms with Crippen molar-refractivity contribution >= 4 is 5.91 Å². The monoisotopic (exact) mass is 334 g/mol. The van der Waals surface area contributed by atoms with Crippen LogP contribution in [0.5, 0.6) is 5.75 Å². The number of ether oxygens (including phenoxy) is 1. The van der Waals surface area contributed by atoms with Crippen LogP contribution in [0.25, 0.3) is 0 Å². The summed E-state index contributed by atoms with van der Waals surface area (Å²) in [5, 5.41) is 2.12. The minimum absolute atomic E-state index is 0.327. The van der Waals surface area contributed by atoms with Crippen LogP contribution in [0.1, 0.15) is 11.1 Å². The van der Waals surface area contributed by atoms with E-state index in [0.717, 1.165) is 11.1 Å². The molecule has 0 fully saturated rings. The van der Waals surface area contributed by atoms with Gasteiger partial charge in [-0.15, -0.1) is 0 Å². The summed E-state index contributed by atoms with van der Waals surface area (Å²) in [7, 11) is 0. The number of carbonyl (C=O) groups is 1. The molecule has 0 aliphatic carbocycles. The third-order valence-corrected chi connectivity index (χ3v) is 3.41. The molecule has 3 N–H and O–H groups in total. The van der Waals surface area contributed by atoms with E-state index in [4.69, 9.17) is 10.5 Å². The standard InChI is InChI=1S/C18H20F2N2O2/c19-18(20,12-21)13-22-17(23)11-24-16-9-5-4-8-15(16)10-14-6-2-1-3-7-14/h1-9H,10-13,21H2,(H,22,23). The summed E-state index contributed by atoms with van der Waals surface area (Å²) < 4.78 is 31.5. The molecule has 2 aromatic rings. The zero-order chi connectivity index (χ0) is 17.4. The first-order valence-electron chi connectivity index (χ1n) is 7.59. The topological polar surface area (TPSA) is 64.3 Å². The third kappa shape index (κ3) is 5.62. The van der Waals surface area contributed by atoms with Gasteiger partial charge < -0.3 is 15.8 Å². The molecule has 24 heavy (non-hydrogen) atoms. The van der Waals surface area contributed by atoms with Crippen molar-refractivity contribution in [3.8, 4) is 5.75 Å². The van der Waals surface area contributed by atoms with Gasteiger partial charge in [-0.05, 0) is 17.2 Å². The summed E-state index contributed by atoms with van der Waals surface area (Å²) in [6.07, 6.45) is 0.657. The molecule has 0 saturated heterocycles. The fourth-order valence-corrected chi connectivity index (χ4v) is 2.10. The lowest BCUT2D eigenvalue weighted by molar-refractivity contribution is -0.124. The molecule has 0 saturated carbocycles. The van der Waals surface area contributed by atoms with Crippen LogP contribution in [0.4, 0.5) is 8.78 Å². The average molecular weight is 334 g/mol. The molecular weight excluding hydrogens is 314 g/mol. The van der Waals surface area contributed by atoms with E-state index in [2.05, 4.69) is 5.32 Å². The van der Waals surface area contributed by atoms with Crippen molar-refractivity contribution in [1.82, 2.24) is 5.32 Å². The molecule has 0 bridgehead atoms. The summed E-state index contributed by atoms with van der Waals surface area (Å²) in [6.45, 7) is -1.93. The van der Waals surface area contributed by atoms with Crippen molar-refractivity contribution in [1.29, 1.82) is 0 Å². The maximum absolute atomic E-state index is 13.0. The van der Waals surface area contributed by atoms with E-state index in [1.54, 1.807) is 12.1 Å². The second-order valence-corrected chi connectivity index (χ2v) is 5.40. The van der Waals surface area contributed by atoms with Gasteiger partial charge >= 0.3 is 0 Å². The molecule has 0 aliphatic rings. The van der Waals surface area contributed by atoms with Crippen molar-refractivity contribution in [2.24, 2.45) is 5.73 Å². The second-order valence-electron chi connectivity index (χ2n) is 5.40. The molecule has 0 aromatic heterocycles. The van der Waals surface area contributed by atoms with Gasteiger partial charge in [0, 0.05) is 6.42 Å². The number of carbonyl (C=O) groups excluding carboxylic acids is 1. The summed E-state index contributed by atoms with van der Waals surface area (Å²) in [5.74, 6) is -3.17. The Kier molecular flexibility index (Phi) is 6.26. The first-order chi connectivity index (χ1) is 11.5. The van der Waals surface area contributed by atoms with E-state index in [1.807, 2.05) is 42.5 Å². The minimum atomic E-state index is -3.11. The molecule has 0 atom stereocenters. The molecule has 128 valence electrons. The Hall–Kier alpha value is -2.47. The first-order valence-corrected chi connectivity index (χ1v) is 7.59. The third-order valence-electron chi connectivity index (χ3n) is 3.41. The number of hydrogen-bond donors (Lipinski definition) is 2. The lowest BCUT2D eigenvalue weighted by atomic mass is 10.0. The maximum atomic E-state index is 13.0. The molecular formula is C18H20F2N2O2. The summed E-state index contributed by atoms with van der Waals surface area (Å²) in [6, 6.07) is 17.2. The highest BCUT2D eigenvalue weighted by molar-refractivity contribution is 5.77. The molecule has 2 aromatic carbocycles. The van der Waals surface area contributed by atoms with Crippen LogP contribution < -0.4 is 15.8 Å². The zero-order valence-electron chi connectivity index (χ0n) is 13.2. The normalized spacial score (nSPS) is 11.1. The Morgan fingerprint density at radius 2 is 1.75 bits per heavy atom. The molecule has 1 amide bonds. The summed E-state index contributed by atoms with van der Waals surface area (Å²) in [5.41, 5.74) is 6.95. The van der Waals surface area contributed by atoms with Gasteiger partial charge in [-0.2, -0.15) is 0 Å². The number of rotatable bonds is 8. The van der Waals surface area contributed by atoms with Gasteiger partial charge in [0.1, 0.15) is 5.75 Å². The highest BCUT2D eigenvalue weighted by Crippen LogP contribution is 2.21. The highest BCUT2D eigenvalue weighted by Gasteiger charge is 2.27. The van der Waals surface area contributed by atoms with Gasteiger partial charge in [0.15, 0.2) is 6.61 Å². The molecule has 0 radical (unpaired) electrons. The molecule has 2 rings (SSSR count). The van der Waals surface area contributed by atoms with Gasteiger partial charge in [-0.1, -0.05) is 48.5 Å². The van der Waals surface area contributed by atoms with Crippen LogP contribution in [0.3, 0.4) is 0 Å². The van der Waals surface area contributed by atoms with Gasteiger partial charge in [0.05, 0.1) is 13.1 Å². The van der Waals surface area contributed by atoms with Crippen molar-refractivity contribution in [2.75, 3.05) is 19.7 Å². The number of hydrogen-bond acceptors (Lipinski definition) is 3. The Morgan fingerprint density at radius 3 is 2.46 bits per heavy atom. The molecule has 0 aliphatic heterocycles. The van der Waals surface area contributed by atoms with Gasteiger partial charge in [0.2, 0.25) is 0 Å². The number of halogens is 2. The predicted octanol–water partition coefficient (Wildman–Crippen LogP) is 2.37. The Morgan fingerprint density at radius 1 is 1.08 bits per heavy atom. The lowest BCUT2D eigenvalue weighted by Crippen LogP contribution is -2.43. The first kappa shape index (κ1) is 17.9. The molecule has 0 heterocycles. The Bertz CT molecular complexity index is 663. The highest BCUT2D eigenvalue weighted by atomic mass is 19.3. The fourth-order valence-electron chi connectivity index (χ4n) is 2.10. The minimum Gasteiger partial charge on any atom is -0.483 e. The SMILES string of the molecule is NCC(F)(F)CNC(=O)COc1ccccc1Cc1ccccc1. The number of nitrogens with one attached hydrogen (secondary N) is 1. The number of nitrogens with two attached hydrogens (primary N) is 1. The Labute approximate surface area is 139 Å². The van der Waals surface area contributed by atoms with Crippen LogP contribution >= 0.6 is 0 Å². The predicted molar refractivity (Wildman–Crippen MR) is 88.2 cm³/mol. The molecule has 0 spiro atoms. The van der Waals surface area contributed by atoms with Crippen molar-refractivity contribution in [2.45, 2.75) is 12.3 Å². The van der Waals surface area contributed by atoms with Crippen LogP contribution in [0.15, 0.2) is 54.6 Å². The van der Waals surface area contributed by atoms with Gasteiger partial charge in [-0.3, -0.25) is 4.79 Å². The number of para-hydroxylation sites is 1. The van der Waals surface area contributed by atoms with Crippen molar-refractivity contribution < 1.29 is 18.3 Å². The van der Waals surface area contributed by atoms with Crippen LogP contribution in [0.2, 0.25) is 0 Å². The van der Waals surface area contributed by atoms with Gasteiger partial charge in [0.25, 0.3) is 11.8 Å². The largest absolute Gasteiger partial charge is 0.483 e. The van der Waals surface area contributed by atoms with Crippen LogP contribution in [-0.2, 0) is 11.2 Å². The zero-order valence-corrected chi connectivity index (χ0v) is 13.2. The smallest absolute Gasteiger partial charge is 0.277 e. The molecule has 0 unspecified atom stereocenters. The van der Waals surface area contributed by atoms with Gasteiger partial charge in [-0.25, -0.2) is 8.78 Å². The molecule has 4 nitrogen and oxygen atoms in total. The number of amides is 1. The average Bonchev–Trinajstić information content (AvgIpc) is 2.60. The number of alkyl halides is 2. The van der Waals surface area contributed by atoms with E-state index in [0.29, 0.717) is 12.2 Å². The quantitative estimate of drug-likeness (QED) is 0.779. The van der Waals surface area contributed by atoms with E-state index < -0.39 is 24.9 Å². The van der Waals surface area contributed by atoms with E-state index in [-0.39, 0.29) is 6.61 Å². The second kappa shape index (κ2) is 8.40. The van der Waals surface area contributed by atoms with Crippen LogP contribution in [0, 0.1) is 0 Å². The lowest BCUT2D eigenvalue weighted by Gasteiger charge is -2.15. The van der Waals surface area contributed by atoms with Crippen molar-refractivity contribution in [3.05, 3.63) is 65.7 Å². The van der Waals surface area contributed by atoms with Crippen molar-refractivity contribution in [3.63, 3.8) is 0 Å². The molecule has 6 heteroatoms. The van der Waals surface area contributed by atoms with E-state index in [9.17, 15) is 13.6 Å². The fraction of sp³-hybridized carbons (Fsp3) is 0.278. The number of benzene rings is 2. The van der Waals surface area contributed by atoms with Crippen LogP contribution in [-0.4, -0.2) is 31.5 Å². The Balaban J connectivity index is 1.92. The summed E-state index contributed by atoms with van der Waals surface area (Å²) >= 11 is 0. The van der Waals surface area contributed by atoms with E-state index >= 15 is 0 Å². The summed E-state index contributed by atoms with van der Waals surface area (Å²) in [4.78, 5) is 11.6. The maximum Gasteiger partial charge on any atom is 0.277 e. The van der Waals surface area contributed by atoms with E-state index in [1.165, 1.54) is 0 Å².